The summed E-state index contributed by atoms with van der Waals surface area (Å²) in [6.45, 7) is 8.54. The highest BCUT2D eigenvalue weighted by atomic mass is 19.3. The Morgan fingerprint density at radius 3 is 1.29 bits per heavy atom. The van der Waals surface area contributed by atoms with Gasteiger partial charge in [-0.15, -0.1) is 13.2 Å². The van der Waals surface area contributed by atoms with Crippen molar-refractivity contribution < 1.29 is 95.4 Å². The summed E-state index contributed by atoms with van der Waals surface area (Å²) in [5.74, 6) is -17.8. The van der Waals surface area contributed by atoms with Gasteiger partial charge >= 0.3 is 12.2 Å². The van der Waals surface area contributed by atoms with Crippen LogP contribution in [0, 0.1) is 105 Å². The fraction of sp³-hybridized carbons (Fsp3) is 0.442. The molecule has 0 amide bonds. The number of rotatable bonds is 14. The fourth-order valence-electron chi connectivity index (χ4n) is 10.7. The predicted molar refractivity (Wildman–Crippen MR) is 232 cm³/mol. The molecule has 21 heteroatoms. The number of aliphatic hydroxyl groups excluding tert-OH is 2. The maximum absolute atomic E-state index is 14.6. The number of halogens is 14. The highest BCUT2D eigenvalue weighted by Gasteiger charge is 2.55. The van der Waals surface area contributed by atoms with Gasteiger partial charge in [0, 0.05) is 60.4 Å². The average molecular weight is 1050 g/mol. The number of aldehydes is 1. The molecule has 2 spiro atoms. The number of hydrogen-bond acceptors (Lipinski definition) is 7. The van der Waals surface area contributed by atoms with Crippen molar-refractivity contribution in [3.8, 4) is 11.5 Å². The van der Waals surface area contributed by atoms with E-state index in [1.54, 1.807) is 0 Å². The second-order valence-corrected chi connectivity index (χ2v) is 19.5. The van der Waals surface area contributed by atoms with E-state index in [0.717, 1.165) is 31.6 Å². The quantitative estimate of drug-likeness (QED) is 0.0562. The van der Waals surface area contributed by atoms with Crippen molar-refractivity contribution in [1.29, 1.82) is 0 Å². The Bertz CT molecular complexity index is 2570. The molecule has 0 bridgehead atoms. The van der Waals surface area contributed by atoms with Gasteiger partial charge in [-0.25, -0.2) is 43.9 Å². The minimum atomic E-state index is -4.67. The van der Waals surface area contributed by atoms with Crippen molar-refractivity contribution in [2.45, 2.75) is 69.9 Å². The van der Waals surface area contributed by atoms with E-state index in [2.05, 4.69) is 28.7 Å². The summed E-state index contributed by atoms with van der Waals surface area (Å²) in [6.07, 6.45) is 3.06. The molecule has 7 nitrogen and oxygen atoms in total. The number of alkyl halides is 4. The van der Waals surface area contributed by atoms with Gasteiger partial charge in [0.15, 0.2) is 41.2 Å². The molecule has 2 N–H and O–H groups in total. The molecule has 0 radical (unpaired) electrons. The van der Waals surface area contributed by atoms with E-state index < -0.39 is 105 Å². The van der Waals surface area contributed by atoms with Crippen molar-refractivity contribution in [3.63, 3.8) is 0 Å². The number of hydrogen-bond donors (Lipinski definition) is 2. The lowest BCUT2D eigenvalue weighted by atomic mass is 9.46. The lowest BCUT2D eigenvalue weighted by Gasteiger charge is -2.59. The maximum Gasteiger partial charge on any atom is 0.432 e. The Morgan fingerprint density at radius 2 is 0.932 bits per heavy atom. The predicted octanol–water partition coefficient (Wildman–Crippen LogP) is 13.1. The highest BCUT2D eigenvalue weighted by Crippen LogP contribution is 2.64. The van der Waals surface area contributed by atoms with Crippen LogP contribution in [0.15, 0.2) is 73.8 Å². The number of aliphatic hydroxyl groups is 2. The lowest BCUT2D eigenvalue weighted by Crippen LogP contribution is -2.51. The van der Waals surface area contributed by atoms with Gasteiger partial charge in [0.1, 0.15) is 52.2 Å². The first-order valence-corrected chi connectivity index (χ1v) is 23.0. The Hall–Kier alpha value is -5.51. The van der Waals surface area contributed by atoms with Crippen LogP contribution >= 0.6 is 0 Å². The summed E-state index contributed by atoms with van der Waals surface area (Å²) in [5.41, 5.74) is -3.36. The molecule has 1 heterocycles. The van der Waals surface area contributed by atoms with Crippen LogP contribution < -0.4 is 9.47 Å². The Kier molecular flexibility index (Phi) is 16.5. The first-order valence-electron chi connectivity index (χ1n) is 23.0. The number of ether oxygens (including phenoxy) is 4. The third-order valence-corrected chi connectivity index (χ3v) is 14.5. The summed E-state index contributed by atoms with van der Waals surface area (Å²) < 4.78 is 211. The summed E-state index contributed by atoms with van der Waals surface area (Å²) in [7, 11) is 0. The van der Waals surface area contributed by atoms with Crippen LogP contribution in [-0.2, 0) is 21.7 Å². The van der Waals surface area contributed by atoms with Crippen LogP contribution in [0.5, 0.6) is 11.5 Å². The second kappa shape index (κ2) is 21.8. The molecule has 4 saturated carbocycles. The van der Waals surface area contributed by atoms with E-state index in [1.165, 1.54) is 25.7 Å². The molecule has 4 aromatic carbocycles. The van der Waals surface area contributed by atoms with Crippen LogP contribution in [0.2, 0.25) is 0 Å². The first kappa shape index (κ1) is 55.2. The molecular weight excluding hydrogens is 1000 g/mol. The molecule has 4 aromatic rings. The number of benzene rings is 4. The molecule has 0 atom stereocenters. The van der Waals surface area contributed by atoms with Crippen molar-refractivity contribution in [1.82, 2.24) is 0 Å². The van der Waals surface area contributed by atoms with Gasteiger partial charge in [0.2, 0.25) is 0 Å². The molecule has 1 saturated heterocycles. The summed E-state index contributed by atoms with van der Waals surface area (Å²) in [6, 6.07) is 2.38. The maximum atomic E-state index is 14.6. The highest BCUT2D eigenvalue weighted by molar-refractivity contribution is 5.75. The minimum Gasteiger partial charge on any atom is -0.429 e. The van der Waals surface area contributed by atoms with E-state index in [1.807, 2.05) is 6.08 Å². The summed E-state index contributed by atoms with van der Waals surface area (Å²) in [4.78, 5) is 10.4. The van der Waals surface area contributed by atoms with Crippen LogP contribution in [-0.4, -0.2) is 42.9 Å². The topological polar surface area (TPSA) is 94.5 Å². The van der Waals surface area contributed by atoms with Gasteiger partial charge in [-0.3, -0.25) is 4.79 Å². The number of carbonyl (C=O) groups excluding carboxylic acids is 1. The van der Waals surface area contributed by atoms with Crippen molar-refractivity contribution >= 4 is 6.29 Å². The van der Waals surface area contributed by atoms with E-state index in [0.29, 0.717) is 66.1 Å². The van der Waals surface area contributed by atoms with Crippen LogP contribution in [0.25, 0.3) is 0 Å². The van der Waals surface area contributed by atoms with Crippen molar-refractivity contribution in [3.05, 3.63) is 154 Å². The molecule has 0 aromatic heterocycles. The zero-order chi connectivity index (χ0) is 53.4. The Morgan fingerprint density at radius 1 is 0.562 bits per heavy atom. The van der Waals surface area contributed by atoms with Gasteiger partial charge in [0.05, 0.1) is 13.2 Å². The van der Waals surface area contributed by atoms with Gasteiger partial charge in [0.25, 0.3) is 0 Å². The SMILES string of the molecule is C=CC1CC2(C1)CC(C(CO)CO)C2.C=CC1CC2(C1)CC(C1COC(c3cc(F)c(C(F)(F)Oc4cc(F)c(F)c(F)c4)c(F)c3)OC1)C2.O=Cc1cc(F)c(C(F)(F)Oc2cc(F)c(F)c(F)c2)c(F)c1. The Labute approximate surface area is 409 Å². The smallest absolute Gasteiger partial charge is 0.429 e. The van der Waals surface area contributed by atoms with Gasteiger partial charge in [-0.2, -0.15) is 17.6 Å². The van der Waals surface area contributed by atoms with E-state index in [4.69, 9.17) is 19.7 Å². The second-order valence-electron chi connectivity index (χ2n) is 19.5. The zero-order valence-corrected chi connectivity index (χ0v) is 38.5. The van der Waals surface area contributed by atoms with Crippen LogP contribution in [0.3, 0.4) is 0 Å². The zero-order valence-electron chi connectivity index (χ0n) is 38.5. The van der Waals surface area contributed by atoms with Crippen LogP contribution in [0.4, 0.5) is 61.5 Å². The fourth-order valence-corrected chi connectivity index (χ4v) is 10.7. The molecule has 4 aliphatic carbocycles. The summed E-state index contributed by atoms with van der Waals surface area (Å²) >= 11 is 0. The van der Waals surface area contributed by atoms with Gasteiger partial charge in [-0.1, -0.05) is 12.2 Å². The molecule has 9 rings (SSSR count). The average Bonchev–Trinajstić information content (AvgIpc) is 3.26. The molecule has 5 fully saturated rings. The van der Waals surface area contributed by atoms with Crippen molar-refractivity contribution in [2.75, 3.05) is 26.4 Å². The molecular formula is C52H48F14O7. The number of allylic oxidation sites excluding steroid dienone is 2. The van der Waals surface area contributed by atoms with Gasteiger partial charge < -0.3 is 29.2 Å². The van der Waals surface area contributed by atoms with Crippen molar-refractivity contribution in [2.24, 2.45) is 46.3 Å². The standard InChI is InChI=1S/C26H23F7O3.C14H5F7O2.C12H20O2/c1-2-13-7-25(8-13)9-15(10-25)16-11-34-24(35-12-16)14-3-18(27)22(19(28)4-14)26(32,33)36-17-5-20(29)23(31)21(30)6-17;15-8-1-6(5-22)2-9(16)12(8)14(20,21)23-7-3-10(17)13(19)11(18)4-7;1-2-9-3-12(4-9)5-10(6-12)11(7-13)8-14/h2-6,13,15-16,24H,1,7-12H2;1-5H;2,9-11,13-14H,1,3-8H2. The molecule has 5 aliphatic rings. The minimum absolute atomic E-state index is 0.0274. The summed E-state index contributed by atoms with van der Waals surface area (Å²) in [5, 5.41) is 18.1. The molecule has 396 valence electrons. The van der Waals surface area contributed by atoms with E-state index in [-0.39, 0.29) is 61.2 Å². The van der Waals surface area contributed by atoms with Gasteiger partial charge in [-0.05, 0) is 110 Å². The normalized spacial score (nSPS) is 26.2. The number of carbonyl (C=O) groups is 1. The van der Waals surface area contributed by atoms with Crippen LogP contribution in [0.1, 0.15) is 84.7 Å². The monoisotopic (exact) mass is 1050 g/mol. The Balaban J connectivity index is 0.000000179. The lowest BCUT2D eigenvalue weighted by molar-refractivity contribution is -0.228. The third kappa shape index (κ3) is 11.9. The first-order chi connectivity index (χ1) is 34.4. The van der Waals surface area contributed by atoms with E-state index in [9.17, 15) is 66.3 Å². The molecule has 1 aliphatic heterocycles. The molecule has 0 unspecified atom stereocenters. The van der Waals surface area contributed by atoms with E-state index >= 15 is 0 Å². The third-order valence-electron chi connectivity index (χ3n) is 14.5. The largest absolute Gasteiger partial charge is 0.432 e. The molecule has 73 heavy (non-hydrogen) atoms.